The van der Waals surface area contributed by atoms with Gasteiger partial charge in [0.15, 0.2) is 19.7 Å². The van der Waals surface area contributed by atoms with E-state index >= 15 is 0 Å². The van der Waals surface area contributed by atoms with Crippen LogP contribution in [-0.4, -0.2) is 62.8 Å². The first-order valence-corrected chi connectivity index (χ1v) is 11.9. The van der Waals surface area contributed by atoms with Crippen LogP contribution in [0.1, 0.15) is 47.3 Å². The van der Waals surface area contributed by atoms with Crippen molar-refractivity contribution in [3.63, 3.8) is 0 Å². The van der Waals surface area contributed by atoms with Crippen molar-refractivity contribution < 1.29 is 32.5 Å². The summed E-state index contributed by atoms with van der Waals surface area (Å²) >= 11 is 0. The maximum atomic E-state index is 12.8. The third-order valence-corrected chi connectivity index (χ3v) is 8.04. The predicted molar refractivity (Wildman–Crippen MR) is 96.7 cm³/mol. The SMILES string of the molecule is [2H]C(CCC)(CCC)S(=O)(=O)C[C@](N)(C(N)=O)C(=O)O[C@H]1CCS(=O)(=O)C1. The average Bonchev–Trinajstić information content (AvgIpc) is 2.85. The monoisotopic (exact) mass is 413 g/mol. The first-order chi connectivity index (χ1) is 12.2. The van der Waals surface area contributed by atoms with Gasteiger partial charge in [0.1, 0.15) is 6.10 Å². The van der Waals surface area contributed by atoms with Crippen LogP contribution in [0.25, 0.3) is 0 Å². The van der Waals surface area contributed by atoms with E-state index in [4.69, 9.17) is 17.6 Å². The molecule has 0 aromatic heterocycles. The Kier molecular flexibility index (Phi) is 7.03. The molecule has 0 aliphatic carbocycles. The molecule has 0 aromatic rings. The van der Waals surface area contributed by atoms with E-state index in [1.807, 2.05) is 0 Å². The van der Waals surface area contributed by atoms with Crippen molar-refractivity contribution in [1.82, 2.24) is 0 Å². The van der Waals surface area contributed by atoms with Crippen molar-refractivity contribution in [3.05, 3.63) is 0 Å². The largest absolute Gasteiger partial charge is 0.459 e. The number of esters is 1. The Labute approximate surface area is 156 Å². The second-order valence-corrected chi connectivity index (χ2v) is 10.9. The molecule has 1 heterocycles. The Bertz CT molecular complexity index is 776. The summed E-state index contributed by atoms with van der Waals surface area (Å²) in [5, 5.41) is -1.91. The first kappa shape index (κ1) is 21.1. The zero-order valence-corrected chi connectivity index (χ0v) is 16.7. The van der Waals surface area contributed by atoms with E-state index in [0.29, 0.717) is 12.8 Å². The maximum absolute atomic E-state index is 12.8. The normalized spacial score (nSPS) is 23.0. The van der Waals surface area contributed by atoms with Gasteiger partial charge in [0.2, 0.25) is 11.4 Å². The van der Waals surface area contributed by atoms with Crippen molar-refractivity contribution in [1.29, 1.82) is 0 Å². The standard InChI is InChI=1S/C15H28N2O7S2/c1-3-5-12(6-4-2)26(22,23)10-15(17,13(16)18)14(19)24-11-7-8-25(20,21)9-11/h11-12H,3-10,17H2,1-2H3,(H2,16,18)/t11-,15-/m0/s1/i12D. The minimum Gasteiger partial charge on any atom is -0.459 e. The molecule has 9 nitrogen and oxygen atoms in total. The molecule has 0 bridgehead atoms. The number of carbonyl (C=O) groups excluding carboxylic acids is 2. The van der Waals surface area contributed by atoms with Crippen molar-refractivity contribution in [2.24, 2.45) is 11.5 Å². The number of sulfone groups is 2. The van der Waals surface area contributed by atoms with Crippen LogP contribution < -0.4 is 11.5 Å². The molecule has 4 N–H and O–H groups in total. The fraction of sp³-hybridized carbons (Fsp3) is 0.867. The van der Waals surface area contributed by atoms with E-state index in [-0.39, 0.29) is 25.0 Å². The van der Waals surface area contributed by atoms with Gasteiger partial charge in [0.05, 0.1) is 22.5 Å². The smallest absolute Gasteiger partial charge is 0.337 e. The second-order valence-electron chi connectivity index (χ2n) is 6.56. The fourth-order valence-electron chi connectivity index (χ4n) is 2.74. The van der Waals surface area contributed by atoms with E-state index in [9.17, 15) is 26.4 Å². The molecule has 152 valence electrons. The number of amides is 1. The van der Waals surface area contributed by atoms with Gasteiger partial charge in [-0.25, -0.2) is 21.6 Å². The van der Waals surface area contributed by atoms with Crippen LogP contribution in [0.15, 0.2) is 0 Å². The van der Waals surface area contributed by atoms with Gasteiger partial charge in [0.25, 0.3) is 0 Å². The minimum absolute atomic E-state index is 0.00787. The van der Waals surface area contributed by atoms with Crippen LogP contribution in [0.3, 0.4) is 0 Å². The van der Waals surface area contributed by atoms with Crippen LogP contribution in [0, 0.1) is 0 Å². The number of hydrogen-bond donors (Lipinski definition) is 2. The topological polar surface area (TPSA) is 164 Å². The lowest BCUT2D eigenvalue weighted by Gasteiger charge is -2.27. The summed E-state index contributed by atoms with van der Waals surface area (Å²) in [4.78, 5) is 24.3. The fourth-order valence-corrected chi connectivity index (χ4v) is 6.42. The highest BCUT2D eigenvalue weighted by molar-refractivity contribution is 7.92. The van der Waals surface area contributed by atoms with Gasteiger partial charge in [-0.1, -0.05) is 26.7 Å². The van der Waals surface area contributed by atoms with Crippen LogP contribution in [0.5, 0.6) is 0 Å². The highest BCUT2D eigenvalue weighted by Crippen LogP contribution is 2.22. The Morgan fingerprint density at radius 1 is 1.31 bits per heavy atom. The summed E-state index contributed by atoms with van der Waals surface area (Å²) in [5.74, 6) is -4.57. The number of ether oxygens (including phenoxy) is 1. The van der Waals surface area contributed by atoms with E-state index < -0.39 is 59.9 Å². The molecule has 0 saturated carbocycles. The molecule has 1 saturated heterocycles. The Hall–Kier alpha value is -1.20. The Balaban J connectivity index is 3.11. The molecular weight excluding hydrogens is 384 g/mol. The summed E-state index contributed by atoms with van der Waals surface area (Å²) in [7, 11) is -7.69. The van der Waals surface area contributed by atoms with E-state index in [1.54, 1.807) is 13.8 Å². The van der Waals surface area contributed by atoms with Crippen molar-refractivity contribution in [3.8, 4) is 0 Å². The van der Waals surface area contributed by atoms with Crippen LogP contribution in [0.4, 0.5) is 0 Å². The number of carbonyl (C=O) groups is 2. The second kappa shape index (κ2) is 8.66. The van der Waals surface area contributed by atoms with Crippen molar-refractivity contribution >= 4 is 31.6 Å². The number of primary amides is 1. The summed E-state index contributed by atoms with van der Waals surface area (Å²) in [5.41, 5.74) is 8.24. The predicted octanol–water partition coefficient (Wildman–Crippen LogP) is -0.717. The molecule has 1 aliphatic rings. The van der Waals surface area contributed by atoms with Gasteiger partial charge in [0, 0.05) is 1.37 Å². The van der Waals surface area contributed by atoms with E-state index in [0.717, 1.165) is 0 Å². The summed E-state index contributed by atoms with van der Waals surface area (Å²) < 4.78 is 61.9. The Morgan fingerprint density at radius 3 is 2.23 bits per heavy atom. The molecule has 26 heavy (non-hydrogen) atoms. The van der Waals surface area contributed by atoms with E-state index in [1.165, 1.54) is 0 Å². The molecule has 0 aromatic carbocycles. The van der Waals surface area contributed by atoms with Gasteiger partial charge in [-0.3, -0.25) is 4.79 Å². The molecule has 1 aliphatic heterocycles. The quantitative estimate of drug-likeness (QED) is 0.350. The van der Waals surface area contributed by atoms with Gasteiger partial charge >= 0.3 is 5.97 Å². The molecule has 0 radical (unpaired) electrons. The molecule has 1 amide bonds. The van der Waals surface area contributed by atoms with Gasteiger partial charge < -0.3 is 16.2 Å². The third-order valence-electron chi connectivity index (χ3n) is 4.18. The lowest BCUT2D eigenvalue weighted by Crippen LogP contribution is -2.64. The highest BCUT2D eigenvalue weighted by atomic mass is 32.2. The third kappa shape index (κ3) is 5.65. The summed E-state index contributed by atoms with van der Waals surface area (Å²) in [6.07, 6.45) is -0.159. The molecule has 0 unspecified atom stereocenters. The van der Waals surface area contributed by atoms with Crippen molar-refractivity contribution in [2.45, 2.75) is 62.8 Å². The molecule has 0 spiro atoms. The lowest BCUT2D eigenvalue weighted by molar-refractivity contribution is -0.156. The lowest BCUT2D eigenvalue weighted by atomic mass is 10.0. The molecule has 1 rings (SSSR count). The van der Waals surface area contributed by atoms with Gasteiger partial charge in [-0.15, -0.1) is 0 Å². The van der Waals surface area contributed by atoms with E-state index in [2.05, 4.69) is 0 Å². The summed E-state index contributed by atoms with van der Waals surface area (Å²) in [6, 6.07) is 0. The summed E-state index contributed by atoms with van der Waals surface area (Å²) in [6.45, 7) is 3.43. The average molecular weight is 414 g/mol. The molecule has 2 atom stereocenters. The molecular formula is C15H28N2O7S2. The number of hydrogen-bond acceptors (Lipinski definition) is 8. The molecule has 11 heteroatoms. The van der Waals surface area contributed by atoms with Gasteiger partial charge in [-0.2, -0.15) is 0 Å². The number of rotatable bonds is 10. The van der Waals surface area contributed by atoms with Crippen LogP contribution in [-0.2, 0) is 34.0 Å². The minimum atomic E-state index is -4.33. The van der Waals surface area contributed by atoms with Crippen molar-refractivity contribution in [2.75, 3.05) is 17.3 Å². The zero-order valence-electron chi connectivity index (χ0n) is 16.1. The molecule has 1 fully saturated rings. The zero-order chi connectivity index (χ0) is 21.1. The maximum Gasteiger partial charge on any atom is 0.337 e. The first-order valence-electron chi connectivity index (χ1n) is 8.95. The number of nitrogens with two attached hydrogens (primary N) is 2. The van der Waals surface area contributed by atoms with Crippen LogP contribution >= 0.6 is 0 Å². The highest BCUT2D eigenvalue weighted by Gasteiger charge is 2.49. The van der Waals surface area contributed by atoms with Crippen LogP contribution in [0.2, 0.25) is 0 Å². The Morgan fingerprint density at radius 2 is 1.85 bits per heavy atom. The van der Waals surface area contributed by atoms with Gasteiger partial charge in [-0.05, 0) is 19.3 Å².